The Morgan fingerprint density at radius 2 is 0.917 bits per heavy atom. The Hall–Kier alpha value is -0.0800. The molecule has 0 N–H and O–H groups in total. The van der Waals surface area contributed by atoms with Crippen LogP contribution in [-0.2, 0) is 0 Å². The van der Waals surface area contributed by atoms with Crippen LogP contribution in [0.5, 0.6) is 0 Å². The number of fused-ring (bicyclic) bond motifs is 9. The first kappa shape index (κ1) is 6.39. The van der Waals surface area contributed by atoms with E-state index in [0.717, 1.165) is 24.2 Å². The van der Waals surface area contributed by atoms with E-state index in [1.807, 2.05) is 0 Å². The first-order valence-corrected chi connectivity index (χ1v) is 5.50. The van der Waals surface area contributed by atoms with E-state index in [0.29, 0.717) is 0 Å². The fourth-order valence-corrected chi connectivity index (χ4v) is 4.18. The van der Waals surface area contributed by atoms with Gasteiger partial charge >= 0.3 is 0 Å². The average molecular weight is 164 g/mol. The summed E-state index contributed by atoms with van der Waals surface area (Å²) in [4.78, 5) is 0. The maximum absolute atomic E-state index is 2.77. The van der Waals surface area contributed by atoms with Crippen LogP contribution in [0.4, 0.5) is 0 Å². The molecule has 4 aliphatic rings. The summed E-state index contributed by atoms with van der Waals surface area (Å²) in [7, 11) is 0. The highest BCUT2D eigenvalue weighted by atomic mass is 15.7. The fourth-order valence-electron chi connectivity index (χ4n) is 4.18. The van der Waals surface area contributed by atoms with Gasteiger partial charge in [0.05, 0.1) is 0 Å². The normalized spacial score (nSPS) is 57.0. The van der Waals surface area contributed by atoms with Crippen molar-refractivity contribution in [3.05, 3.63) is 0 Å². The number of hydrogen-bond acceptors (Lipinski definition) is 2. The number of rotatable bonds is 0. The van der Waals surface area contributed by atoms with Crippen molar-refractivity contribution in [1.29, 1.82) is 0 Å². The molecule has 66 valence electrons. The minimum absolute atomic E-state index is 0.963. The predicted molar refractivity (Wildman–Crippen MR) is 46.5 cm³/mol. The largest absolute Gasteiger partial charge is 0.235 e. The summed E-state index contributed by atoms with van der Waals surface area (Å²) < 4.78 is 0. The Morgan fingerprint density at radius 1 is 0.583 bits per heavy atom. The highest BCUT2D eigenvalue weighted by Crippen LogP contribution is 2.50. The van der Waals surface area contributed by atoms with Crippen LogP contribution in [0.2, 0.25) is 0 Å². The van der Waals surface area contributed by atoms with Crippen molar-refractivity contribution in [2.75, 3.05) is 0 Å². The standard InChI is InChI=1S/C10H16N2/c1-2-8-5-7(1)11-9-3-4-10(6-9)12(8)11/h7-10H,1-6H2/t7-,8+,9-,10+. The van der Waals surface area contributed by atoms with Gasteiger partial charge in [-0.2, -0.15) is 0 Å². The molecule has 2 nitrogen and oxygen atoms in total. The van der Waals surface area contributed by atoms with Crippen LogP contribution in [0.3, 0.4) is 0 Å². The molecule has 0 radical (unpaired) electrons. The molecule has 0 unspecified atom stereocenters. The van der Waals surface area contributed by atoms with Crippen molar-refractivity contribution in [2.45, 2.75) is 62.7 Å². The van der Waals surface area contributed by atoms with Gasteiger partial charge in [0, 0.05) is 24.2 Å². The van der Waals surface area contributed by atoms with Crippen molar-refractivity contribution >= 4 is 0 Å². The quantitative estimate of drug-likeness (QED) is 0.533. The second-order valence-corrected chi connectivity index (χ2v) is 5.00. The molecule has 2 heterocycles. The molecule has 4 atom stereocenters. The zero-order chi connectivity index (χ0) is 7.71. The van der Waals surface area contributed by atoms with Gasteiger partial charge < -0.3 is 0 Å². The van der Waals surface area contributed by atoms with Crippen LogP contribution in [0.1, 0.15) is 38.5 Å². The van der Waals surface area contributed by atoms with Gasteiger partial charge in [-0.3, -0.25) is 0 Å². The first-order chi connectivity index (χ1) is 5.93. The molecule has 0 aromatic heterocycles. The average Bonchev–Trinajstić information content (AvgIpc) is 2.83. The third kappa shape index (κ3) is 0.549. The summed E-state index contributed by atoms with van der Waals surface area (Å²) in [5.74, 6) is 0. The molecule has 0 spiro atoms. The minimum atomic E-state index is 0.963. The lowest BCUT2D eigenvalue weighted by molar-refractivity contribution is -0.0780. The fraction of sp³-hybridized carbons (Fsp3) is 1.00. The highest BCUT2D eigenvalue weighted by molar-refractivity contribution is 5.07. The minimum Gasteiger partial charge on any atom is -0.235 e. The molecular formula is C10H16N2. The number of hydrazine groups is 1. The Bertz CT molecular complexity index is 184. The lowest BCUT2D eigenvalue weighted by Gasteiger charge is -2.41. The van der Waals surface area contributed by atoms with Crippen LogP contribution in [-0.4, -0.2) is 34.2 Å². The van der Waals surface area contributed by atoms with Crippen molar-refractivity contribution in [3.63, 3.8) is 0 Å². The topological polar surface area (TPSA) is 6.48 Å². The summed E-state index contributed by atoms with van der Waals surface area (Å²) in [6.45, 7) is 0. The predicted octanol–water partition coefficient (Wildman–Crippen LogP) is 1.37. The SMILES string of the molecule is C1C[C@H]2C[C@@H]1N1[C@@H]3CC[C@@H](C3)N21. The van der Waals surface area contributed by atoms with Crippen molar-refractivity contribution in [1.82, 2.24) is 10.0 Å². The van der Waals surface area contributed by atoms with E-state index in [4.69, 9.17) is 0 Å². The Morgan fingerprint density at radius 3 is 1.25 bits per heavy atom. The highest BCUT2D eigenvalue weighted by Gasteiger charge is 2.56. The molecular weight excluding hydrogens is 148 g/mol. The Labute approximate surface area is 73.5 Å². The van der Waals surface area contributed by atoms with Crippen LogP contribution < -0.4 is 0 Å². The van der Waals surface area contributed by atoms with Crippen LogP contribution >= 0.6 is 0 Å². The maximum Gasteiger partial charge on any atom is 0.0265 e. The van der Waals surface area contributed by atoms with Gasteiger partial charge in [-0.25, -0.2) is 10.0 Å². The van der Waals surface area contributed by atoms with E-state index >= 15 is 0 Å². The molecule has 4 fully saturated rings. The van der Waals surface area contributed by atoms with Gasteiger partial charge in [-0.15, -0.1) is 0 Å². The third-order valence-electron chi connectivity index (χ3n) is 4.52. The Kier molecular flexibility index (Phi) is 0.999. The second-order valence-electron chi connectivity index (χ2n) is 5.00. The Balaban J connectivity index is 1.77. The monoisotopic (exact) mass is 164 g/mol. The van der Waals surface area contributed by atoms with E-state index in [-0.39, 0.29) is 0 Å². The van der Waals surface area contributed by atoms with Gasteiger partial charge in [0.25, 0.3) is 0 Å². The third-order valence-corrected chi connectivity index (χ3v) is 4.52. The molecule has 0 aromatic carbocycles. The molecule has 0 amide bonds. The molecule has 4 rings (SSSR count). The van der Waals surface area contributed by atoms with Crippen molar-refractivity contribution in [2.24, 2.45) is 0 Å². The van der Waals surface area contributed by atoms with E-state index < -0.39 is 0 Å². The molecule has 2 saturated heterocycles. The summed E-state index contributed by atoms with van der Waals surface area (Å²) in [6.07, 6.45) is 8.95. The molecule has 12 heavy (non-hydrogen) atoms. The van der Waals surface area contributed by atoms with Crippen LogP contribution in [0, 0.1) is 0 Å². The van der Waals surface area contributed by atoms with E-state index in [1.165, 1.54) is 38.5 Å². The number of hydrogen-bond donors (Lipinski definition) is 0. The second kappa shape index (κ2) is 1.88. The zero-order valence-corrected chi connectivity index (χ0v) is 7.45. The smallest absolute Gasteiger partial charge is 0.0265 e. The molecule has 2 aliphatic heterocycles. The van der Waals surface area contributed by atoms with Gasteiger partial charge in [-0.05, 0) is 38.5 Å². The summed E-state index contributed by atoms with van der Waals surface area (Å²) in [5, 5.41) is 5.53. The summed E-state index contributed by atoms with van der Waals surface area (Å²) in [5.41, 5.74) is 0. The van der Waals surface area contributed by atoms with E-state index in [9.17, 15) is 0 Å². The van der Waals surface area contributed by atoms with E-state index in [2.05, 4.69) is 10.0 Å². The maximum atomic E-state index is 2.77. The van der Waals surface area contributed by atoms with Gasteiger partial charge in [0.1, 0.15) is 0 Å². The van der Waals surface area contributed by atoms with Gasteiger partial charge in [0.15, 0.2) is 0 Å². The zero-order valence-electron chi connectivity index (χ0n) is 7.45. The van der Waals surface area contributed by atoms with E-state index in [1.54, 1.807) is 0 Å². The van der Waals surface area contributed by atoms with Crippen LogP contribution in [0.15, 0.2) is 0 Å². The molecule has 4 bridgehead atoms. The lowest BCUT2D eigenvalue weighted by atomic mass is 10.2. The molecule has 2 heteroatoms. The number of nitrogens with zero attached hydrogens (tertiary/aromatic N) is 2. The molecule has 2 saturated carbocycles. The summed E-state index contributed by atoms with van der Waals surface area (Å²) >= 11 is 0. The lowest BCUT2D eigenvalue weighted by Crippen LogP contribution is -2.50. The van der Waals surface area contributed by atoms with Crippen molar-refractivity contribution in [3.8, 4) is 0 Å². The first-order valence-electron chi connectivity index (χ1n) is 5.50. The van der Waals surface area contributed by atoms with Crippen molar-refractivity contribution < 1.29 is 0 Å². The molecule has 2 aliphatic carbocycles. The van der Waals surface area contributed by atoms with Gasteiger partial charge in [-0.1, -0.05) is 0 Å². The summed E-state index contributed by atoms with van der Waals surface area (Å²) in [6, 6.07) is 3.85. The van der Waals surface area contributed by atoms with Crippen LogP contribution in [0.25, 0.3) is 0 Å². The molecule has 0 aromatic rings. The van der Waals surface area contributed by atoms with Gasteiger partial charge in [0.2, 0.25) is 0 Å².